The molecular weight excluding hydrogens is 600 g/mol. The van der Waals surface area contributed by atoms with Crippen LogP contribution in [0.1, 0.15) is 87.7 Å². The molecule has 5 rings (SSSR count). The Morgan fingerprint density at radius 3 is 2.11 bits per heavy atom. The van der Waals surface area contributed by atoms with Gasteiger partial charge in [-0.3, -0.25) is 4.79 Å². The summed E-state index contributed by atoms with van der Waals surface area (Å²) in [6.07, 6.45) is 2.73. The molecular formula is C37H46N2O6S. The van der Waals surface area contributed by atoms with Crippen molar-refractivity contribution in [1.82, 2.24) is 4.90 Å². The molecule has 246 valence electrons. The zero-order valence-electron chi connectivity index (χ0n) is 27.4. The van der Waals surface area contributed by atoms with Crippen molar-refractivity contribution < 1.29 is 28.6 Å². The van der Waals surface area contributed by atoms with Gasteiger partial charge in [-0.05, 0) is 76.5 Å². The average molecular weight is 647 g/mol. The van der Waals surface area contributed by atoms with Crippen LogP contribution in [0.15, 0.2) is 66.7 Å². The van der Waals surface area contributed by atoms with E-state index in [9.17, 15) is 14.4 Å². The van der Waals surface area contributed by atoms with E-state index in [1.54, 1.807) is 38.1 Å². The summed E-state index contributed by atoms with van der Waals surface area (Å²) in [5.74, 6) is -0.0476. The third kappa shape index (κ3) is 8.36. The van der Waals surface area contributed by atoms with Gasteiger partial charge in [0.05, 0.1) is 11.8 Å². The third-order valence-corrected chi connectivity index (χ3v) is 10.2. The van der Waals surface area contributed by atoms with Crippen LogP contribution in [0.25, 0.3) is 10.4 Å². The lowest BCUT2D eigenvalue weighted by Gasteiger charge is -2.40. The van der Waals surface area contributed by atoms with E-state index in [2.05, 4.69) is 18.7 Å². The zero-order valence-corrected chi connectivity index (χ0v) is 28.2. The highest BCUT2D eigenvalue weighted by Gasteiger charge is 2.38. The van der Waals surface area contributed by atoms with Gasteiger partial charge >= 0.3 is 12.1 Å². The van der Waals surface area contributed by atoms with Gasteiger partial charge in [0, 0.05) is 35.5 Å². The zero-order chi connectivity index (χ0) is 32.6. The second-order valence-electron chi connectivity index (χ2n) is 12.7. The van der Waals surface area contributed by atoms with E-state index in [1.165, 1.54) is 11.3 Å². The van der Waals surface area contributed by atoms with Crippen molar-refractivity contribution in [2.45, 2.75) is 84.7 Å². The maximum absolute atomic E-state index is 14.5. The Kier molecular flexibility index (Phi) is 11.5. The van der Waals surface area contributed by atoms with E-state index in [4.69, 9.17) is 14.2 Å². The van der Waals surface area contributed by atoms with E-state index in [0.717, 1.165) is 68.6 Å². The lowest BCUT2D eigenvalue weighted by molar-refractivity contribution is -0.124. The molecule has 1 saturated heterocycles. The largest absolute Gasteiger partial charge is 0.511 e. The van der Waals surface area contributed by atoms with Crippen molar-refractivity contribution in [3.63, 3.8) is 0 Å². The number of thiophene rings is 1. The minimum atomic E-state index is -1.33. The Bertz CT molecular complexity index is 1440. The van der Waals surface area contributed by atoms with Crippen LogP contribution in [0.3, 0.4) is 0 Å². The predicted octanol–water partition coefficient (Wildman–Crippen LogP) is 8.48. The summed E-state index contributed by atoms with van der Waals surface area (Å²) in [6.45, 7) is 10.6. The summed E-state index contributed by atoms with van der Waals surface area (Å²) in [7, 11) is 0. The number of ether oxygens (including phenoxy) is 3. The molecule has 1 saturated carbocycles. The Morgan fingerprint density at radius 2 is 1.50 bits per heavy atom. The van der Waals surface area contributed by atoms with E-state index in [-0.39, 0.29) is 17.9 Å². The summed E-state index contributed by atoms with van der Waals surface area (Å²) in [6, 6.07) is 20.6. The summed E-state index contributed by atoms with van der Waals surface area (Å²) in [4.78, 5) is 46.9. The van der Waals surface area contributed by atoms with E-state index in [0.29, 0.717) is 22.0 Å². The highest BCUT2D eigenvalue weighted by Crippen LogP contribution is 2.42. The fourth-order valence-corrected chi connectivity index (χ4v) is 7.41. The molecule has 1 aliphatic heterocycles. The fraction of sp³-hybridized carbons (Fsp3) is 0.486. The monoisotopic (exact) mass is 646 g/mol. The first-order valence-electron chi connectivity index (χ1n) is 16.6. The van der Waals surface area contributed by atoms with Crippen LogP contribution in [0.2, 0.25) is 0 Å². The number of hydrogen-bond acceptors (Lipinski definition) is 8. The molecule has 0 bridgehead atoms. The second-order valence-corrected chi connectivity index (χ2v) is 13.8. The van der Waals surface area contributed by atoms with Crippen LogP contribution in [0.5, 0.6) is 0 Å². The molecule has 1 aliphatic carbocycles. The van der Waals surface area contributed by atoms with E-state index < -0.39 is 24.5 Å². The number of piperidine rings is 1. The summed E-state index contributed by atoms with van der Waals surface area (Å²) in [5, 5.41) is 0. The average Bonchev–Trinajstić information content (AvgIpc) is 3.51. The number of anilines is 1. The molecule has 3 aromatic rings. The van der Waals surface area contributed by atoms with E-state index >= 15 is 0 Å². The van der Waals surface area contributed by atoms with Crippen LogP contribution in [0.4, 0.5) is 10.5 Å². The number of rotatable bonds is 10. The normalized spacial score (nSPS) is 19.8. The summed E-state index contributed by atoms with van der Waals surface area (Å²) < 4.78 is 16.7. The molecule has 46 heavy (non-hydrogen) atoms. The molecule has 8 nitrogen and oxygen atoms in total. The number of esters is 1. The molecule has 9 heteroatoms. The van der Waals surface area contributed by atoms with Crippen molar-refractivity contribution in [1.29, 1.82) is 0 Å². The predicted molar refractivity (Wildman–Crippen MR) is 181 cm³/mol. The maximum atomic E-state index is 14.5. The van der Waals surface area contributed by atoms with Gasteiger partial charge in [0.15, 0.2) is 0 Å². The molecule has 1 amide bonds. The van der Waals surface area contributed by atoms with Gasteiger partial charge in [-0.25, -0.2) is 9.59 Å². The maximum Gasteiger partial charge on any atom is 0.511 e. The lowest BCUT2D eigenvalue weighted by Crippen LogP contribution is -2.50. The number of carbonyl (C=O) groups excluding carboxylic acids is 3. The van der Waals surface area contributed by atoms with Gasteiger partial charge in [0.2, 0.25) is 5.91 Å². The Balaban J connectivity index is 1.54. The Morgan fingerprint density at radius 1 is 0.870 bits per heavy atom. The van der Waals surface area contributed by atoms with Crippen molar-refractivity contribution in [3.05, 3.63) is 77.2 Å². The first kappa shape index (κ1) is 33.7. The molecule has 1 unspecified atom stereocenters. The first-order chi connectivity index (χ1) is 22.2. The highest BCUT2D eigenvalue weighted by atomic mass is 32.1. The molecule has 0 spiro atoms. The fourth-order valence-electron chi connectivity index (χ4n) is 6.37. The second kappa shape index (κ2) is 15.7. The number of benzene rings is 2. The molecule has 1 aromatic heterocycles. The minimum Gasteiger partial charge on any atom is -0.431 e. The van der Waals surface area contributed by atoms with Crippen LogP contribution >= 0.6 is 11.3 Å². The number of carbonyl (C=O) groups is 3. The topological polar surface area (TPSA) is 85.4 Å². The highest BCUT2D eigenvalue weighted by molar-refractivity contribution is 7.18. The third-order valence-electron chi connectivity index (χ3n) is 9.01. The van der Waals surface area contributed by atoms with Crippen LogP contribution in [-0.2, 0) is 19.0 Å². The van der Waals surface area contributed by atoms with Gasteiger partial charge in [-0.2, -0.15) is 0 Å². The SMILES string of the molecule is CCN1CCC(N(C(=O)C2CCC(C)CC2)c2cc(-c3ccccc3)sc2C(=O)OC(OC(=O)OC(C)C)c2ccccc2)CC1. The number of amides is 1. The van der Waals surface area contributed by atoms with Crippen LogP contribution < -0.4 is 4.90 Å². The van der Waals surface area contributed by atoms with E-state index in [1.807, 2.05) is 47.4 Å². The summed E-state index contributed by atoms with van der Waals surface area (Å²) >= 11 is 1.30. The molecule has 1 atom stereocenters. The summed E-state index contributed by atoms with van der Waals surface area (Å²) in [5.41, 5.74) is 2.02. The number of hydrogen-bond donors (Lipinski definition) is 0. The van der Waals surface area contributed by atoms with Gasteiger partial charge in [-0.15, -0.1) is 11.3 Å². The molecule has 2 heterocycles. The van der Waals surface area contributed by atoms with Gasteiger partial charge in [0.1, 0.15) is 4.88 Å². The van der Waals surface area contributed by atoms with Crippen LogP contribution in [0, 0.1) is 11.8 Å². The van der Waals surface area contributed by atoms with Crippen molar-refractivity contribution in [2.24, 2.45) is 11.8 Å². The molecule has 0 N–H and O–H groups in total. The van der Waals surface area contributed by atoms with Crippen molar-refractivity contribution in [3.8, 4) is 10.4 Å². The number of nitrogens with zero attached hydrogens (tertiary/aromatic N) is 2. The molecule has 2 aliphatic rings. The molecule has 2 fully saturated rings. The quantitative estimate of drug-likeness (QED) is 0.161. The van der Waals surface area contributed by atoms with Gasteiger partial charge in [-0.1, -0.05) is 74.5 Å². The first-order valence-corrected chi connectivity index (χ1v) is 17.4. The van der Waals surface area contributed by atoms with Crippen molar-refractivity contribution >= 4 is 35.1 Å². The van der Waals surface area contributed by atoms with Gasteiger partial charge < -0.3 is 24.0 Å². The molecule has 2 aromatic carbocycles. The Labute approximate surface area is 276 Å². The minimum absolute atomic E-state index is 0.0402. The Hall–Kier alpha value is -3.69. The van der Waals surface area contributed by atoms with Gasteiger partial charge in [0.25, 0.3) is 6.29 Å². The number of likely N-dealkylation sites (tertiary alicyclic amines) is 1. The smallest absolute Gasteiger partial charge is 0.431 e. The molecule has 0 radical (unpaired) electrons. The standard InChI is InChI=1S/C37H46N2O6S/c1-5-38-22-20-30(21-23-38)39(34(40)28-18-16-26(4)17-19-28)31-24-32(27-12-8-6-9-13-27)46-33(31)35(41)44-36(29-14-10-7-11-15-29)45-37(42)43-25(2)3/h6-15,24-26,28,30,36H,5,16-23H2,1-4H3. The lowest BCUT2D eigenvalue weighted by atomic mass is 9.82. The van der Waals surface area contributed by atoms with Crippen molar-refractivity contribution in [2.75, 3.05) is 24.5 Å². The van der Waals surface area contributed by atoms with Crippen LogP contribution in [-0.4, -0.2) is 54.7 Å².